The van der Waals surface area contributed by atoms with Gasteiger partial charge in [-0.15, -0.1) is 0 Å². The van der Waals surface area contributed by atoms with Crippen molar-refractivity contribution in [1.82, 2.24) is 10.2 Å². The van der Waals surface area contributed by atoms with Gasteiger partial charge in [0.05, 0.1) is 10.6 Å². The van der Waals surface area contributed by atoms with Crippen molar-refractivity contribution in [3.05, 3.63) is 29.3 Å². The number of hydrogen-bond acceptors (Lipinski definition) is 4. The third-order valence-corrected chi connectivity index (χ3v) is 5.42. The minimum absolute atomic E-state index is 0.152. The van der Waals surface area contributed by atoms with Gasteiger partial charge in [-0.1, -0.05) is 11.6 Å². The fourth-order valence-corrected chi connectivity index (χ4v) is 3.60. The normalized spacial score (nSPS) is 21.5. The van der Waals surface area contributed by atoms with E-state index in [0.717, 1.165) is 19.6 Å². The number of halogens is 1. The number of rotatable bonds is 4. The Bertz CT molecular complexity index is 516. The largest absolute Gasteiger partial charge is 0.314 e. The van der Waals surface area contributed by atoms with Gasteiger partial charge in [0.1, 0.15) is 0 Å². The lowest BCUT2D eigenvalue weighted by atomic mass is 10.2. The van der Waals surface area contributed by atoms with Gasteiger partial charge in [0, 0.05) is 37.2 Å². The van der Waals surface area contributed by atoms with Gasteiger partial charge >= 0.3 is 0 Å². The van der Waals surface area contributed by atoms with Gasteiger partial charge in [-0.25, -0.2) is 8.42 Å². The van der Waals surface area contributed by atoms with Crippen LogP contribution in [0, 0.1) is 0 Å². The number of benzene rings is 1. The van der Waals surface area contributed by atoms with Gasteiger partial charge in [0.15, 0.2) is 9.84 Å². The van der Waals surface area contributed by atoms with Crippen molar-refractivity contribution in [2.24, 2.45) is 0 Å². The van der Waals surface area contributed by atoms with E-state index in [0.29, 0.717) is 22.5 Å². The van der Waals surface area contributed by atoms with E-state index in [4.69, 9.17) is 11.6 Å². The molecule has 0 unspecified atom stereocenters. The molecular weight excluding hydrogens is 284 g/mol. The Hall–Kier alpha value is -0.620. The average Bonchev–Trinajstić information content (AvgIpc) is 2.38. The highest BCUT2D eigenvalue weighted by Crippen LogP contribution is 2.16. The number of piperazine rings is 1. The second-order valence-corrected chi connectivity index (χ2v) is 7.41. The zero-order valence-corrected chi connectivity index (χ0v) is 12.5. The summed E-state index contributed by atoms with van der Waals surface area (Å²) in [5, 5.41) is 3.84. The minimum Gasteiger partial charge on any atom is -0.314 e. The fraction of sp³-hybridized carbons (Fsp3) is 0.538. The highest BCUT2D eigenvalue weighted by atomic mass is 35.5. The van der Waals surface area contributed by atoms with Crippen LogP contribution in [0.3, 0.4) is 0 Å². The summed E-state index contributed by atoms with van der Waals surface area (Å²) in [5.74, 6) is 0.152. The van der Waals surface area contributed by atoms with Crippen molar-refractivity contribution < 1.29 is 8.42 Å². The standard InChI is InChI=1S/C13H19ClN2O2S/c1-11-10-15-6-7-16(11)8-9-19(17,18)13-4-2-12(14)3-5-13/h2-5,11,15H,6-10H2,1H3/t11-/m0/s1. The zero-order chi connectivity index (χ0) is 13.9. The first-order valence-electron chi connectivity index (χ1n) is 6.42. The third-order valence-electron chi connectivity index (χ3n) is 3.46. The Morgan fingerprint density at radius 3 is 2.68 bits per heavy atom. The van der Waals surface area contributed by atoms with E-state index in [9.17, 15) is 8.42 Å². The monoisotopic (exact) mass is 302 g/mol. The van der Waals surface area contributed by atoms with Crippen molar-refractivity contribution in [1.29, 1.82) is 0 Å². The van der Waals surface area contributed by atoms with Crippen LogP contribution < -0.4 is 5.32 Å². The Morgan fingerprint density at radius 1 is 1.37 bits per heavy atom. The Kier molecular flexibility index (Phi) is 4.84. The predicted octanol–water partition coefficient (Wildman–Crippen LogP) is 1.41. The molecule has 4 nitrogen and oxygen atoms in total. The van der Waals surface area contributed by atoms with Crippen LogP contribution in [0.2, 0.25) is 5.02 Å². The molecule has 19 heavy (non-hydrogen) atoms. The maximum atomic E-state index is 12.2. The molecule has 2 rings (SSSR count). The highest BCUT2D eigenvalue weighted by molar-refractivity contribution is 7.91. The maximum Gasteiger partial charge on any atom is 0.179 e. The smallest absolute Gasteiger partial charge is 0.179 e. The molecule has 0 aliphatic carbocycles. The molecule has 1 fully saturated rings. The molecule has 0 amide bonds. The molecule has 1 atom stereocenters. The first kappa shape index (κ1) is 14.8. The molecule has 0 bridgehead atoms. The molecule has 1 aromatic carbocycles. The predicted molar refractivity (Wildman–Crippen MR) is 77.4 cm³/mol. The van der Waals surface area contributed by atoms with E-state index in [2.05, 4.69) is 17.1 Å². The van der Waals surface area contributed by atoms with Crippen molar-refractivity contribution >= 4 is 21.4 Å². The van der Waals surface area contributed by atoms with Crippen molar-refractivity contribution in [3.63, 3.8) is 0 Å². The summed E-state index contributed by atoms with van der Waals surface area (Å²) < 4.78 is 24.4. The maximum absolute atomic E-state index is 12.2. The summed E-state index contributed by atoms with van der Waals surface area (Å²) in [6.07, 6.45) is 0. The zero-order valence-electron chi connectivity index (χ0n) is 11.0. The van der Waals surface area contributed by atoms with E-state index >= 15 is 0 Å². The van der Waals surface area contributed by atoms with Crippen LogP contribution >= 0.6 is 11.6 Å². The van der Waals surface area contributed by atoms with Gasteiger partial charge in [0.2, 0.25) is 0 Å². The molecule has 1 aliphatic heterocycles. The van der Waals surface area contributed by atoms with Gasteiger partial charge in [-0.2, -0.15) is 0 Å². The first-order valence-corrected chi connectivity index (χ1v) is 8.45. The number of nitrogens with zero attached hydrogens (tertiary/aromatic N) is 1. The lowest BCUT2D eigenvalue weighted by Crippen LogP contribution is -2.50. The number of hydrogen-bond donors (Lipinski definition) is 1. The summed E-state index contributed by atoms with van der Waals surface area (Å²) in [7, 11) is -3.22. The van der Waals surface area contributed by atoms with Crippen LogP contribution in [-0.2, 0) is 9.84 Å². The summed E-state index contributed by atoms with van der Waals surface area (Å²) in [6, 6.07) is 6.75. The summed E-state index contributed by atoms with van der Waals surface area (Å²) in [5.41, 5.74) is 0. The van der Waals surface area contributed by atoms with Crippen LogP contribution in [0.5, 0.6) is 0 Å². The molecule has 0 aromatic heterocycles. The first-order chi connectivity index (χ1) is 8.99. The van der Waals surface area contributed by atoms with E-state index in [-0.39, 0.29) is 5.75 Å². The van der Waals surface area contributed by atoms with E-state index < -0.39 is 9.84 Å². The number of sulfone groups is 1. The topological polar surface area (TPSA) is 49.4 Å². The van der Waals surface area contributed by atoms with Crippen molar-refractivity contribution in [2.75, 3.05) is 31.9 Å². The Labute approximate surface area is 119 Å². The highest BCUT2D eigenvalue weighted by Gasteiger charge is 2.21. The van der Waals surface area contributed by atoms with Crippen LogP contribution in [0.15, 0.2) is 29.2 Å². The van der Waals surface area contributed by atoms with Crippen molar-refractivity contribution in [3.8, 4) is 0 Å². The Balaban J connectivity index is 1.99. The van der Waals surface area contributed by atoms with E-state index in [1.54, 1.807) is 24.3 Å². The molecule has 6 heteroatoms. The van der Waals surface area contributed by atoms with Crippen LogP contribution in [0.4, 0.5) is 0 Å². The van der Waals surface area contributed by atoms with Gasteiger partial charge in [-0.05, 0) is 31.2 Å². The number of nitrogens with one attached hydrogen (secondary N) is 1. The van der Waals surface area contributed by atoms with Crippen LogP contribution in [0.1, 0.15) is 6.92 Å². The van der Waals surface area contributed by atoms with E-state index in [1.165, 1.54) is 0 Å². The SMILES string of the molecule is C[C@H]1CNCCN1CCS(=O)(=O)c1ccc(Cl)cc1. The second kappa shape index (κ2) is 6.22. The summed E-state index contributed by atoms with van der Waals surface area (Å²) >= 11 is 5.77. The molecule has 1 saturated heterocycles. The van der Waals surface area contributed by atoms with E-state index in [1.807, 2.05) is 0 Å². The molecule has 0 spiro atoms. The van der Waals surface area contributed by atoms with Crippen LogP contribution in [-0.4, -0.2) is 51.3 Å². The van der Waals surface area contributed by atoms with Crippen LogP contribution in [0.25, 0.3) is 0 Å². The molecule has 1 aliphatic rings. The second-order valence-electron chi connectivity index (χ2n) is 4.86. The quantitative estimate of drug-likeness (QED) is 0.913. The Morgan fingerprint density at radius 2 is 2.05 bits per heavy atom. The molecule has 1 N–H and O–H groups in total. The summed E-state index contributed by atoms with van der Waals surface area (Å²) in [4.78, 5) is 2.56. The molecule has 0 saturated carbocycles. The molecule has 1 heterocycles. The third kappa shape index (κ3) is 3.92. The molecule has 1 aromatic rings. The van der Waals surface area contributed by atoms with Gasteiger partial charge in [0.25, 0.3) is 0 Å². The van der Waals surface area contributed by atoms with Gasteiger partial charge < -0.3 is 5.32 Å². The average molecular weight is 303 g/mol. The van der Waals surface area contributed by atoms with Crippen molar-refractivity contribution in [2.45, 2.75) is 17.9 Å². The lowest BCUT2D eigenvalue weighted by Gasteiger charge is -2.33. The van der Waals surface area contributed by atoms with Gasteiger partial charge in [-0.3, -0.25) is 4.90 Å². The minimum atomic E-state index is -3.22. The lowest BCUT2D eigenvalue weighted by molar-refractivity contribution is 0.184. The molecule has 106 valence electrons. The summed E-state index contributed by atoms with van der Waals surface area (Å²) in [6.45, 7) is 5.43. The molecular formula is C13H19ClN2O2S. The fourth-order valence-electron chi connectivity index (χ4n) is 2.21. The molecule has 0 radical (unpaired) electrons.